The summed E-state index contributed by atoms with van der Waals surface area (Å²) in [6.07, 6.45) is 0.321. The number of phenols is 1. The van der Waals surface area contributed by atoms with E-state index in [1.54, 1.807) is 44.2 Å². The zero-order valence-electron chi connectivity index (χ0n) is 15.5. The Hall–Kier alpha value is -3.06. The van der Waals surface area contributed by atoms with Crippen molar-refractivity contribution >= 4 is 40.8 Å². The van der Waals surface area contributed by atoms with Crippen LogP contribution in [-0.4, -0.2) is 34.4 Å². The molecule has 28 heavy (non-hydrogen) atoms. The summed E-state index contributed by atoms with van der Waals surface area (Å²) in [5.74, 6) is -0.538. The summed E-state index contributed by atoms with van der Waals surface area (Å²) >= 11 is 5.96. The molecule has 2 aromatic carbocycles. The van der Waals surface area contributed by atoms with Gasteiger partial charge in [0.2, 0.25) is 5.91 Å². The molecule has 0 aliphatic carbocycles. The molecule has 0 spiro atoms. The molecule has 1 aliphatic rings. The molecule has 1 heterocycles. The van der Waals surface area contributed by atoms with Crippen molar-refractivity contribution in [3.8, 4) is 5.75 Å². The number of benzene rings is 2. The molecule has 0 saturated carbocycles. The van der Waals surface area contributed by atoms with Gasteiger partial charge in [0.15, 0.2) is 0 Å². The standard InChI is InChI=1S/C20H20ClN3O4/c1-3-18(26)22-15-6-4-12(2)16(9-15)24-19(27)11-23(20(24)28)10-13-8-14(21)5-7-17(13)25/h4-9,25H,3,10-11H2,1-2H3,(H,22,26). The Morgan fingerprint density at radius 2 is 1.96 bits per heavy atom. The third kappa shape index (κ3) is 3.94. The molecule has 3 rings (SSSR count). The van der Waals surface area contributed by atoms with Gasteiger partial charge in [0, 0.05) is 22.7 Å². The van der Waals surface area contributed by atoms with Gasteiger partial charge in [-0.2, -0.15) is 0 Å². The van der Waals surface area contributed by atoms with Crippen LogP contribution in [0.15, 0.2) is 36.4 Å². The molecular weight excluding hydrogens is 382 g/mol. The Morgan fingerprint density at radius 3 is 2.68 bits per heavy atom. The minimum atomic E-state index is -0.494. The van der Waals surface area contributed by atoms with Gasteiger partial charge < -0.3 is 15.3 Å². The maximum Gasteiger partial charge on any atom is 0.332 e. The number of imide groups is 1. The van der Waals surface area contributed by atoms with Crippen molar-refractivity contribution in [2.75, 3.05) is 16.8 Å². The second-order valence-electron chi connectivity index (χ2n) is 6.54. The fourth-order valence-electron chi connectivity index (χ4n) is 2.97. The molecule has 0 radical (unpaired) electrons. The van der Waals surface area contributed by atoms with E-state index in [0.717, 1.165) is 10.5 Å². The number of halogens is 1. The summed E-state index contributed by atoms with van der Waals surface area (Å²) in [4.78, 5) is 39.5. The molecule has 0 unspecified atom stereocenters. The lowest BCUT2D eigenvalue weighted by molar-refractivity contribution is -0.117. The maximum atomic E-state index is 12.9. The predicted molar refractivity (Wildman–Crippen MR) is 107 cm³/mol. The van der Waals surface area contributed by atoms with E-state index in [4.69, 9.17) is 11.6 Å². The monoisotopic (exact) mass is 401 g/mol. The molecule has 0 bridgehead atoms. The number of rotatable bonds is 5. The smallest absolute Gasteiger partial charge is 0.332 e. The number of amides is 4. The normalized spacial score (nSPS) is 14.0. The SMILES string of the molecule is CCC(=O)Nc1ccc(C)c(N2C(=O)CN(Cc3cc(Cl)ccc3O)C2=O)c1. The number of anilines is 2. The van der Waals surface area contributed by atoms with Crippen molar-refractivity contribution in [1.82, 2.24) is 4.90 Å². The van der Waals surface area contributed by atoms with Gasteiger partial charge in [-0.25, -0.2) is 9.69 Å². The van der Waals surface area contributed by atoms with Crippen molar-refractivity contribution in [2.45, 2.75) is 26.8 Å². The van der Waals surface area contributed by atoms with Crippen LogP contribution in [0.3, 0.4) is 0 Å². The summed E-state index contributed by atoms with van der Waals surface area (Å²) in [7, 11) is 0. The number of aromatic hydroxyl groups is 1. The van der Waals surface area contributed by atoms with Crippen LogP contribution in [0.5, 0.6) is 5.75 Å². The largest absolute Gasteiger partial charge is 0.508 e. The number of phenolic OH excluding ortho intramolecular Hbond substituents is 1. The molecule has 1 saturated heterocycles. The van der Waals surface area contributed by atoms with E-state index in [9.17, 15) is 19.5 Å². The first-order valence-electron chi connectivity index (χ1n) is 8.80. The zero-order chi connectivity index (χ0) is 20.4. The van der Waals surface area contributed by atoms with Gasteiger partial charge in [0.05, 0.1) is 12.2 Å². The van der Waals surface area contributed by atoms with Crippen molar-refractivity contribution in [3.05, 3.63) is 52.5 Å². The van der Waals surface area contributed by atoms with E-state index in [1.807, 2.05) is 0 Å². The Labute approximate surface area is 167 Å². The summed E-state index contributed by atoms with van der Waals surface area (Å²) < 4.78 is 0. The number of carbonyl (C=O) groups excluding carboxylic acids is 3. The maximum absolute atomic E-state index is 12.9. The van der Waals surface area contributed by atoms with Gasteiger partial charge in [-0.15, -0.1) is 0 Å². The number of nitrogens with one attached hydrogen (secondary N) is 1. The van der Waals surface area contributed by atoms with E-state index in [0.29, 0.717) is 28.4 Å². The molecule has 2 N–H and O–H groups in total. The van der Waals surface area contributed by atoms with Crippen LogP contribution in [0, 0.1) is 6.92 Å². The number of nitrogens with zero attached hydrogens (tertiary/aromatic N) is 2. The third-order valence-corrected chi connectivity index (χ3v) is 4.73. The first-order chi connectivity index (χ1) is 13.3. The van der Waals surface area contributed by atoms with Gasteiger partial charge in [-0.1, -0.05) is 24.6 Å². The average Bonchev–Trinajstić information content (AvgIpc) is 2.93. The summed E-state index contributed by atoms with van der Waals surface area (Å²) in [5.41, 5.74) is 2.11. The van der Waals surface area contributed by atoms with Crippen molar-refractivity contribution in [2.24, 2.45) is 0 Å². The highest BCUT2D eigenvalue weighted by atomic mass is 35.5. The Bertz CT molecular complexity index is 960. The van der Waals surface area contributed by atoms with Gasteiger partial charge in [-0.05, 0) is 42.8 Å². The fourth-order valence-corrected chi connectivity index (χ4v) is 3.17. The molecule has 8 heteroatoms. The number of urea groups is 1. The number of hydrogen-bond donors (Lipinski definition) is 2. The van der Waals surface area contributed by atoms with E-state index in [-0.39, 0.29) is 30.7 Å². The van der Waals surface area contributed by atoms with E-state index < -0.39 is 6.03 Å². The predicted octanol–water partition coefficient (Wildman–Crippen LogP) is 3.67. The Balaban J connectivity index is 1.86. The van der Waals surface area contributed by atoms with Crippen LogP contribution in [-0.2, 0) is 16.1 Å². The molecule has 2 aromatic rings. The van der Waals surface area contributed by atoms with Crippen LogP contribution < -0.4 is 10.2 Å². The molecule has 4 amide bonds. The van der Waals surface area contributed by atoms with Crippen LogP contribution in [0.25, 0.3) is 0 Å². The van der Waals surface area contributed by atoms with Crippen LogP contribution >= 0.6 is 11.6 Å². The van der Waals surface area contributed by atoms with Crippen LogP contribution in [0.1, 0.15) is 24.5 Å². The fraction of sp³-hybridized carbons (Fsp3) is 0.250. The van der Waals surface area contributed by atoms with E-state index >= 15 is 0 Å². The van der Waals surface area contributed by atoms with E-state index in [1.165, 1.54) is 11.0 Å². The van der Waals surface area contributed by atoms with Gasteiger partial charge in [0.1, 0.15) is 12.3 Å². The van der Waals surface area contributed by atoms with Gasteiger partial charge in [0.25, 0.3) is 5.91 Å². The second kappa shape index (κ2) is 7.90. The second-order valence-corrected chi connectivity index (χ2v) is 6.98. The number of carbonyl (C=O) groups is 3. The van der Waals surface area contributed by atoms with Crippen LogP contribution in [0.2, 0.25) is 5.02 Å². The molecule has 1 aliphatic heterocycles. The van der Waals surface area contributed by atoms with Crippen molar-refractivity contribution in [1.29, 1.82) is 0 Å². The molecule has 146 valence electrons. The highest BCUT2D eigenvalue weighted by Crippen LogP contribution is 2.30. The summed E-state index contributed by atoms with van der Waals surface area (Å²) in [6.45, 7) is 3.46. The first-order valence-corrected chi connectivity index (χ1v) is 9.17. The number of hydrogen-bond acceptors (Lipinski definition) is 4. The minimum Gasteiger partial charge on any atom is -0.508 e. The first kappa shape index (κ1) is 19.7. The van der Waals surface area contributed by atoms with Crippen molar-refractivity contribution < 1.29 is 19.5 Å². The quantitative estimate of drug-likeness (QED) is 0.748. The Kier molecular flexibility index (Phi) is 5.56. The minimum absolute atomic E-state index is 0.00329. The summed E-state index contributed by atoms with van der Waals surface area (Å²) in [6, 6.07) is 9.13. The van der Waals surface area contributed by atoms with E-state index in [2.05, 4.69) is 5.32 Å². The molecule has 1 fully saturated rings. The summed E-state index contributed by atoms with van der Waals surface area (Å²) in [5, 5.41) is 13.1. The van der Waals surface area contributed by atoms with Crippen molar-refractivity contribution in [3.63, 3.8) is 0 Å². The lowest BCUT2D eigenvalue weighted by atomic mass is 10.1. The molecule has 0 aromatic heterocycles. The number of aryl methyl sites for hydroxylation is 1. The molecular formula is C20H20ClN3O4. The van der Waals surface area contributed by atoms with Gasteiger partial charge >= 0.3 is 6.03 Å². The van der Waals surface area contributed by atoms with Gasteiger partial charge in [-0.3, -0.25) is 9.59 Å². The lowest BCUT2D eigenvalue weighted by Crippen LogP contribution is -2.33. The molecule has 0 atom stereocenters. The highest BCUT2D eigenvalue weighted by molar-refractivity contribution is 6.30. The topological polar surface area (TPSA) is 90.0 Å². The lowest BCUT2D eigenvalue weighted by Gasteiger charge is -2.20. The highest BCUT2D eigenvalue weighted by Gasteiger charge is 2.38. The molecule has 7 nitrogen and oxygen atoms in total. The average molecular weight is 402 g/mol. The Morgan fingerprint density at radius 1 is 1.21 bits per heavy atom. The third-order valence-electron chi connectivity index (χ3n) is 4.49. The van der Waals surface area contributed by atoms with Crippen LogP contribution in [0.4, 0.5) is 16.2 Å². The zero-order valence-corrected chi connectivity index (χ0v) is 16.3.